The second-order valence-corrected chi connectivity index (χ2v) is 9.59. The van der Waals surface area contributed by atoms with Crippen LogP contribution in [0.1, 0.15) is 69.8 Å². The van der Waals surface area contributed by atoms with Gasteiger partial charge in [-0.05, 0) is 99.7 Å². The molecule has 2 aliphatic rings. The van der Waals surface area contributed by atoms with E-state index in [1.807, 2.05) is 0 Å². The molecule has 0 heterocycles. The molecule has 0 bridgehead atoms. The zero-order valence-corrected chi connectivity index (χ0v) is 19.4. The molecule has 0 amide bonds. The number of ether oxygens (including phenoxy) is 1. The first kappa shape index (κ1) is 23.8. The van der Waals surface area contributed by atoms with Crippen LogP contribution in [0.4, 0.5) is 17.6 Å². The van der Waals surface area contributed by atoms with Crippen LogP contribution in [-0.2, 0) is 0 Å². The summed E-state index contributed by atoms with van der Waals surface area (Å²) in [7, 11) is 1.22. The molecule has 2 aromatic carbocycles. The normalized spacial score (nSPS) is 26.0. The van der Waals surface area contributed by atoms with Gasteiger partial charge in [0.1, 0.15) is 0 Å². The smallest absolute Gasteiger partial charge is 0.201 e. The minimum absolute atomic E-state index is 0.0402. The Morgan fingerprint density at radius 3 is 1.82 bits per heavy atom. The lowest BCUT2D eigenvalue weighted by atomic mass is 9.68. The molecule has 0 unspecified atom stereocenters. The van der Waals surface area contributed by atoms with Crippen molar-refractivity contribution in [2.45, 2.75) is 64.2 Å². The van der Waals surface area contributed by atoms with Gasteiger partial charge in [0.05, 0.1) is 7.11 Å². The summed E-state index contributed by atoms with van der Waals surface area (Å²) in [6.45, 7) is 2.08. The van der Waals surface area contributed by atoms with Gasteiger partial charge in [0, 0.05) is 11.1 Å². The van der Waals surface area contributed by atoms with Gasteiger partial charge in [0.2, 0.25) is 5.82 Å². The Kier molecular flexibility index (Phi) is 7.45. The first-order valence-corrected chi connectivity index (χ1v) is 12.1. The molecule has 0 atom stereocenters. The Morgan fingerprint density at radius 2 is 1.24 bits per heavy atom. The van der Waals surface area contributed by atoms with E-state index in [9.17, 15) is 13.2 Å². The molecule has 0 N–H and O–H groups in total. The van der Waals surface area contributed by atoms with Gasteiger partial charge in [-0.25, -0.2) is 13.2 Å². The van der Waals surface area contributed by atoms with Crippen molar-refractivity contribution in [1.82, 2.24) is 0 Å². The summed E-state index contributed by atoms with van der Waals surface area (Å²) in [4.78, 5) is 0. The van der Waals surface area contributed by atoms with E-state index in [-0.39, 0.29) is 22.8 Å². The molecule has 4 rings (SSSR count). The molecule has 178 valence electrons. The quantitative estimate of drug-likeness (QED) is 0.321. The Hall–Kier alpha value is -2.30. The minimum Gasteiger partial charge on any atom is -0.494 e. The Balaban J connectivity index is 1.45. The number of hydrogen-bond acceptors (Lipinski definition) is 1. The maximum Gasteiger partial charge on any atom is 0.201 e. The third-order valence-corrected chi connectivity index (χ3v) is 7.83. The molecule has 0 radical (unpaired) electrons. The van der Waals surface area contributed by atoms with E-state index in [0.717, 1.165) is 31.6 Å². The zero-order valence-electron chi connectivity index (χ0n) is 19.4. The molecule has 2 aromatic rings. The molecule has 0 spiro atoms. The van der Waals surface area contributed by atoms with E-state index >= 15 is 4.39 Å². The third kappa shape index (κ3) is 4.83. The van der Waals surface area contributed by atoms with Gasteiger partial charge in [-0.2, -0.15) is 4.39 Å². The molecule has 33 heavy (non-hydrogen) atoms. The predicted molar refractivity (Wildman–Crippen MR) is 123 cm³/mol. The van der Waals surface area contributed by atoms with Crippen LogP contribution in [0.5, 0.6) is 5.75 Å². The van der Waals surface area contributed by atoms with Gasteiger partial charge in [-0.3, -0.25) is 0 Å². The van der Waals surface area contributed by atoms with E-state index in [1.54, 1.807) is 6.07 Å². The average molecular weight is 461 g/mol. The van der Waals surface area contributed by atoms with Crippen LogP contribution in [-0.4, -0.2) is 7.11 Å². The summed E-state index contributed by atoms with van der Waals surface area (Å²) in [5.41, 5.74) is -0.240. The van der Waals surface area contributed by atoms with Crippen molar-refractivity contribution < 1.29 is 22.3 Å². The number of allylic oxidation sites excluding steroid dienone is 2. The summed E-state index contributed by atoms with van der Waals surface area (Å²) in [5, 5.41) is 0. The second kappa shape index (κ2) is 10.3. The van der Waals surface area contributed by atoms with Crippen LogP contribution >= 0.6 is 0 Å². The van der Waals surface area contributed by atoms with Crippen LogP contribution in [0.25, 0.3) is 11.1 Å². The zero-order chi connectivity index (χ0) is 23.5. The lowest BCUT2D eigenvalue weighted by Gasteiger charge is -2.37. The molecular weight excluding hydrogens is 428 g/mol. The van der Waals surface area contributed by atoms with Crippen molar-refractivity contribution >= 4 is 0 Å². The minimum atomic E-state index is -1.25. The standard InChI is InChI=1S/C28H32F4O/c1-3-4-17-5-7-18(8-6-17)19-9-11-20(12-10-19)21-13-14-22(26(30)25(21)29)23-15-16-24(33-2)28(32)27(23)31/h3-4,13-20H,5-12H2,1-2H3. The summed E-state index contributed by atoms with van der Waals surface area (Å²) in [6.07, 6.45) is 13.2. The van der Waals surface area contributed by atoms with Gasteiger partial charge in [0.25, 0.3) is 0 Å². The van der Waals surface area contributed by atoms with Crippen molar-refractivity contribution in [3.05, 3.63) is 65.2 Å². The number of methoxy groups -OCH3 is 1. The van der Waals surface area contributed by atoms with E-state index in [2.05, 4.69) is 19.1 Å². The fraction of sp³-hybridized carbons (Fsp3) is 0.500. The highest BCUT2D eigenvalue weighted by Gasteiger charge is 2.32. The van der Waals surface area contributed by atoms with Crippen molar-refractivity contribution in [3.8, 4) is 16.9 Å². The van der Waals surface area contributed by atoms with Crippen LogP contribution in [0.15, 0.2) is 36.4 Å². The second-order valence-electron chi connectivity index (χ2n) is 9.59. The number of hydrogen-bond donors (Lipinski definition) is 0. The highest BCUT2D eigenvalue weighted by Crippen LogP contribution is 2.45. The number of benzene rings is 2. The summed E-state index contributed by atoms with van der Waals surface area (Å²) < 4.78 is 63.3. The van der Waals surface area contributed by atoms with Crippen LogP contribution in [0.2, 0.25) is 0 Å². The molecule has 2 saturated carbocycles. The fourth-order valence-electron chi connectivity index (χ4n) is 5.97. The lowest BCUT2D eigenvalue weighted by Crippen LogP contribution is -2.25. The number of rotatable bonds is 5. The Bertz CT molecular complexity index is 999. The average Bonchev–Trinajstić information content (AvgIpc) is 2.84. The van der Waals surface area contributed by atoms with E-state index < -0.39 is 23.3 Å². The lowest BCUT2D eigenvalue weighted by molar-refractivity contribution is 0.170. The first-order chi connectivity index (χ1) is 15.9. The summed E-state index contributed by atoms with van der Waals surface area (Å²) >= 11 is 0. The van der Waals surface area contributed by atoms with Gasteiger partial charge in [-0.1, -0.05) is 24.3 Å². The molecule has 2 aliphatic carbocycles. The Labute approximate surface area is 193 Å². The molecule has 1 nitrogen and oxygen atoms in total. The molecular formula is C28H32F4O. The topological polar surface area (TPSA) is 9.23 Å². The molecule has 2 fully saturated rings. The van der Waals surface area contributed by atoms with Gasteiger partial charge < -0.3 is 4.74 Å². The van der Waals surface area contributed by atoms with Crippen molar-refractivity contribution in [3.63, 3.8) is 0 Å². The van der Waals surface area contributed by atoms with Crippen LogP contribution in [0.3, 0.4) is 0 Å². The van der Waals surface area contributed by atoms with Crippen molar-refractivity contribution in [1.29, 1.82) is 0 Å². The van der Waals surface area contributed by atoms with E-state index in [1.165, 1.54) is 51.0 Å². The highest BCUT2D eigenvalue weighted by molar-refractivity contribution is 5.66. The van der Waals surface area contributed by atoms with Crippen LogP contribution in [0, 0.1) is 41.0 Å². The van der Waals surface area contributed by atoms with E-state index in [0.29, 0.717) is 17.4 Å². The predicted octanol–water partition coefficient (Wildman–Crippen LogP) is 8.57. The molecule has 0 aliphatic heterocycles. The molecule has 0 aromatic heterocycles. The third-order valence-electron chi connectivity index (χ3n) is 7.83. The maximum atomic E-state index is 15.1. The first-order valence-electron chi connectivity index (χ1n) is 12.1. The summed E-state index contributed by atoms with van der Waals surface area (Å²) in [5.74, 6) is -2.73. The fourth-order valence-corrected chi connectivity index (χ4v) is 5.97. The summed E-state index contributed by atoms with van der Waals surface area (Å²) in [6, 6.07) is 5.34. The van der Waals surface area contributed by atoms with Crippen LogP contribution < -0.4 is 4.74 Å². The maximum absolute atomic E-state index is 15.1. The SMILES string of the molecule is CC=CC1CCC(C2CCC(c3ccc(-c4ccc(OC)c(F)c4F)c(F)c3F)CC2)CC1. The molecule has 5 heteroatoms. The van der Waals surface area contributed by atoms with E-state index in [4.69, 9.17) is 4.74 Å². The monoisotopic (exact) mass is 460 g/mol. The molecule has 0 saturated heterocycles. The van der Waals surface area contributed by atoms with Crippen molar-refractivity contribution in [2.24, 2.45) is 17.8 Å². The van der Waals surface area contributed by atoms with Gasteiger partial charge >= 0.3 is 0 Å². The van der Waals surface area contributed by atoms with Crippen molar-refractivity contribution in [2.75, 3.05) is 7.11 Å². The Morgan fingerprint density at radius 1 is 0.697 bits per heavy atom. The number of halogens is 4. The highest BCUT2D eigenvalue weighted by atomic mass is 19.2. The van der Waals surface area contributed by atoms with Gasteiger partial charge in [0.15, 0.2) is 23.2 Å². The van der Waals surface area contributed by atoms with Gasteiger partial charge in [-0.15, -0.1) is 0 Å². The largest absolute Gasteiger partial charge is 0.494 e.